The Kier molecular flexibility index (Phi) is 3.95. The summed E-state index contributed by atoms with van der Waals surface area (Å²) < 4.78 is 16.0. The number of imidazole rings is 1. The topological polar surface area (TPSA) is 35.8 Å². The number of benzene rings is 3. The molecule has 1 aliphatic heterocycles. The molecule has 0 unspecified atom stereocenters. The lowest BCUT2D eigenvalue weighted by atomic mass is 9.78. The first-order chi connectivity index (χ1) is 14.8. The number of rotatable bonds is 2. The molecule has 0 spiro atoms. The molecule has 0 amide bonds. The fraction of sp³-hybridized carbons (Fsp3) is 0.240. The molecular formula is C25H23BN2O2S. The molecule has 0 saturated carbocycles. The maximum Gasteiger partial charge on any atom is 0.494 e. The van der Waals surface area contributed by atoms with Crippen LogP contribution in [0.1, 0.15) is 27.7 Å². The molecule has 154 valence electrons. The molecule has 1 fully saturated rings. The molecule has 1 saturated heterocycles. The van der Waals surface area contributed by atoms with Crippen molar-refractivity contribution in [1.82, 2.24) is 9.38 Å². The third-order valence-electron chi connectivity index (χ3n) is 6.68. The van der Waals surface area contributed by atoms with Crippen LogP contribution in [0.3, 0.4) is 0 Å². The Labute approximate surface area is 185 Å². The summed E-state index contributed by atoms with van der Waals surface area (Å²) in [6.45, 7) is 8.34. The minimum Gasteiger partial charge on any atom is -0.399 e. The van der Waals surface area contributed by atoms with Gasteiger partial charge < -0.3 is 9.31 Å². The molecular weight excluding hydrogens is 403 g/mol. The highest BCUT2D eigenvalue weighted by Crippen LogP contribution is 2.37. The SMILES string of the molecule is CC1(C)OB(c2cccc(-c3ccc4nc5sc6ccccc6n5c4c3)c2)OC1(C)C. The molecule has 0 atom stereocenters. The van der Waals surface area contributed by atoms with Gasteiger partial charge in [-0.15, -0.1) is 0 Å². The van der Waals surface area contributed by atoms with Gasteiger partial charge in [0.2, 0.25) is 0 Å². The van der Waals surface area contributed by atoms with E-state index >= 15 is 0 Å². The van der Waals surface area contributed by atoms with Crippen LogP contribution in [0.5, 0.6) is 0 Å². The average Bonchev–Trinajstić information content (AvgIpc) is 3.34. The Bertz CT molecular complexity index is 1450. The van der Waals surface area contributed by atoms with E-state index in [0.29, 0.717) is 0 Å². The van der Waals surface area contributed by atoms with Crippen LogP contribution in [0, 0.1) is 0 Å². The fourth-order valence-corrected chi connectivity index (χ4v) is 5.24. The van der Waals surface area contributed by atoms with Crippen molar-refractivity contribution in [1.29, 1.82) is 0 Å². The Morgan fingerprint density at radius 3 is 2.35 bits per heavy atom. The number of fused-ring (bicyclic) bond motifs is 5. The molecule has 1 aliphatic rings. The van der Waals surface area contributed by atoms with Gasteiger partial charge in [-0.2, -0.15) is 0 Å². The van der Waals surface area contributed by atoms with Crippen LogP contribution in [-0.2, 0) is 9.31 Å². The van der Waals surface area contributed by atoms with Gasteiger partial charge in [0.15, 0.2) is 4.96 Å². The molecule has 3 heterocycles. The highest BCUT2D eigenvalue weighted by atomic mass is 32.1. The maximum atomic E-state index is 6.26. The number of thiazole rings is 1. The smallest absolute Gasteiger partial charge is 0.399 e. The maximum absolute atomic E-state index is 6.26. The second-order valence-corrected chi connectivity index (χ2v) is 10.2. The highest BCUT2D eigenvalue weighted by molar-refractivity contribution is 7.23. The van der Waals surface area contributed by atoms with E-state index in [4.69, 9.17) is 14.3 Å². The second kappa shape index (κ2) is 6.42. The average molecular weight is 426 g/mol. The zero-order chi connectivity index (χ0) is 21.4. The van der Waals surface area contributed by atoms with Gasteiger partial charge in [-0.3, -0.25) is 4.40 Å². The van der Waals surface area contributed by atoms with Gasteiger partial charge >= 0.3 is 7.12 Å². The Morgan fingerprint density at radius 2 is 1.55 bits per heavy atom. The molecule has 0 bridgehead atoms. The Hall–Kier alpha value is -2.67. The molecule has 6 heteroatoms. The van der Waals surface area contributed by atoms with Gasteiger partial charge in [0.05, 0.1) is 32.5 Å². The second-order valence-electron chi connectivity index (χ2n) is 9.22. The number of nitrogens with zero attached hydrogens (tertiary/aromatic N) is 2. The number of hydrogen-bond donors (Lipinski definition) is 0. The summed E-state index contributed by atoms with van der Waals surface area (Å²) in [6.07, 6.45) is 0. The molecule has 4 nitrogen and oxygen atoms in total. The minimum atomic E-state index is -0.365. The molecule has 2 aromatic heterocycles. The van der Waals surface area contributed by atoms with E-state index < -0.39 is 0 Å². The number of para-hydroxylation sites is 1. The van der Waals surface area contributed by atoms with Crippen LogP contribution in [0.2, 0.25) is 0 Å². The first-order valence-electron chi connectivity index (χ1n) is 10.6. The third kappa shape index (κ3) is 2.86. The predicted molar refractivity (Wildman–Crippen MR) is 129 cm³/mol. The summed E-state index contributed by atoms with van der Waals surface area (Å²) in [5.41, 5.74) is 5.98. The normalized spacial score (nSPS) is 17.9. The van der Waals surface area contributed by atoms with Crippen LogP contribution < -0.4 is 5.46 Å². The van der Waals surface area contributed by atoms with E-state index in [2.05, 4.69) is 98.8 Å². The van der Waals surface area contributed by atoms with Crippen LogP contribution in [-0.4, -0.2) is 27.7 Å². The Morgan fingerprint density at radius 1 is 0.806 bits per heavy atom. The van der Waals surface area contributed by atoms with Crippen molar-refractivity contribution in [3.8, 4) is 11.1 Å². The zero-order valence-electron chi connectivity index (χ0n) is 18.0. The quantitative estimate of drug-likeness (QED) is 0.342. The van der Waals surface area contributed by atoms with E-state index in [1.807, 2.05) is 0 Å². The zero-order valence-corrected chi connectivity index (χ0v) is 18.9. The molecule has 0 aliphatic carbocycles. The minimum absolute atomic E-state index is 0.351. The molecule has 0 N–H and O–H groups in total. The Balaban J connectivity index is 1.45. The van der Waals surface area contributed by atoms with Gasteiger partial charge in [0.1, 0.15) is 0 Å². The van der Waals surface area contributed by atoms with Crippen molar-refractivity contribution in [2.45, 2.75) is 38.9 Å². The molecule has 0 radical (unpaired) electrons. The van der Waals surface area contributed by atoms with E-state index in [9.17, 15) is 0 Å². The first kappa shape index (κ1) is 19.1. The van der Waals surface area contributed by atoms with Crippen molar-refractivity contribution < 1.29 is 9.31 Å². The van der Waals surface area contributed by atoms with Crippen LogP contribution in [0.4, 0.5) is 0 Å². The summed E-state index contributed by atoms with van der Waals surface area (Å²) in [5.74, 6) is 0. The van der Waals surface area contributed by atoms with Gasteiger partial charge in [-0.05, 0) is 68.6 Å². The summed E-state index contributed by atoms with van der Waals surface area (Å²) >= 11 is 1.73. The lowest BCUT2D eigenvalue weighted by molar-refractivity contribution is 0.00578. The van der Waals surface area contributed by atoms with Crippen molar-refractivity contribution in [3.63, 3.8) is 0 Å². The van der Waals surface area contributed by atoms with E-state index in [0.717, 1.165) is 32.6 Å². The van der Waals surface area contributed by atoms with Crippen molar-refractivity contribution in [3.05, 3.63) is 66.7 Å². The van der Waals surface area contributed by atoms with E-state index in [1.165, 1.54) is 10.2 Å². The number of hydrogen-bond acceptors (Lipinski definition) is 4. The van der Waals surface area contributed by atoms with Crippen LogP contribution in [0.15, 0.2) is 66.7 Å². The van der Waals surface area contributed by atoms with Gasteiger partial charge in [-0.1, -0.05) is 53.8 Å². The monoisotopic (exact) mass is 426 g/mol. The summed E-state index contributed by atoms with van der Waals surface area (Å²) in [6, 6.07) is 23.4. The molecule has 31 heavy (non-hydrogen) atoms. The lowest BCUT2D eigenvalue weighted by Crippen LogP contribution is -2.41. The summed E-state index contributed by atoms with van der Waals surface area (Å²) in [4.78, 5) is 5.87. The predicted octanol–water partition coefficient (Wildman–Crippen LogP) is 5.67. The van der Waals surface area contributed by atoms with Crippen LogP contribution >= 0.6 is 11.3 Å². The van der Waals surface area contributed by atoms with E-state index in [-0.39, 0.29) is 18.3 Å². The van der Waals surface area contributed by atoms with E-state index in [1.54, 1.807) is 11.3 Å². The molecule has 6 rings (SSSR count). The van der Waals surface area contributed by atoms with Crippen molar-refractivity contribution in [2.24, 2.45) is 0 Å². The largest absolute Gasteiger partial charge is 0.494 e. The third-order valence-corrected chi connectivity index (χ3v) is 7.70. The highest BCUT2D eigenvalue weighted by Gasteiger charge is 2.51. The van der Waals surface area contributed by atoms with Gasteiger partial charge in [0.25, 0.3) is 0 Å². The molecule has 3 aromatic carbocycles. The fourth-order valence-electron chi connectivity index (χ4n) is 4.20. The van der Waals surface area contributed by atoms with Crippen molar-refractivity contribution in [2.75, 3.05) is 0 Å². The van der Waals surface area contributed by atoms with Gasteiger partial charge in [0, 0.05) is 0 Å². The lowest BCUT2D eigenvalue weighted by Gasteiger charge is -2.32. The molecule has 5 aromatic rings. The summed E-state index contributed by atoms with van der Waals surface area (Å²) in [7, 11) is -0.365. The standard InChI is InChI=1S/C25H23BN2O2S/c1-24(2)25(3,4)30-26(29-24)18-9-7-8-16(14-18)17-12-13-19-21(15-17)28-20-10-5-6-11-22(20)31-23(28)27-19/h5-15H,1-4H3. The van der Waals surface area contributed by atoms with Crippen LogP contribution in [0.25, 0.3) is 37.3 Å². The number of aromatic nitrogens is 2. The summed E-state index contributed by atoms with van der Waals surface area (Å²) in [5, 5.41) is 0. The van der Waals surface area contributed by atoms with Crippen molar-refractivity contribution >= 4 is 50.1 Å². The van der Waals surface area contributed by atoms with Gasteiger partial charge in [-0.25, -0.2) is 4.98 Å². The first-order valence-corrected chi connectivity index (χ1v) is 11.4.